The molecular formula is C13H16ClN. The zero-order chi connectivity index (χ0) is 10.7. The molecule has 0 aliphatic heterocycles. The number of rotatable bonds is 2. The van der Waals surface area contributed by atoms with E-state index in [0.717, 1.165) is 10.7 Å². The number of allylic oxidation sites excluding steroid dienone is 2. The van der Waals surface area contributed by atoms with E-state index < -0.39 is 0 Å². The van der Waals surface area contributed by atoms with Crippen molar-refractivity contribution in [3.05, 3.63) is 40.6 Å². The molecule has 0 unspecified atom stereocenters. The highest BCUT2D eigenvalue weighted by Crippen LogP contribution is 2.26. The van der Waals surface area contributed by atoms with E-state index in [2.05, 4.69) is 12.2 Å². The first-order valence-electron chi connectivity index (χ1n) is 5.47. The van der Waals surface area contributed by atoms with Crippen molar-refractivity contribution in [3.8, 4) is 0 Å². The van der Waals surface area contributed by atoms with Gasteiger partial charge < -0.3 is 5.32 Å². The Bertz CT molecular complexity index is 365. The first-order valence-corrected chi connectivity index (χ1v) is 5.85. The zero-order valence-electron chi connectivity index (χ0n) is 9.02. The fraction of sp³-hybridized carbons (Fsp3) is 0.385. The van der Waals surface area contributed by atoms with Crippen LogP contribution in [-0.2, 0) is 0 Å². The molecule has 15 heavy (non-hydrogen) atoms. The summed E-state index contributed by atoms with van der Waals surface area (Å²) in [5.41, 5.74) is 4.02. The minimum absolute atomic E-state index is 0.787. The van der Waals surface area contributed by atoms with Crippen LogP contribution in [0.25, 0.3) is 0 Å². The Hall–Kier alpha value is -0.950. The van der Waals surface area contributed by atoms with E-state index in [-0.39, 0.29) is 0 Å². The van der Waals surface area contributed by atoms with Gasteiger partial charge in [-0.25, -0.2) is 0 Å². The summed E-state index contributed by atoms with van der Waals surface area (Å²) in [5.74, 6) is 0. The summed E-state index contributed by atoms with van der Waals surface area (Å²) in [7, 11) is 0. The van der Waals surface area contributed by atoms with Gasteiger partial charge in [0.1, 0.15) is 0 Å². The van der Waals surface area contributed by atoms with E-state index in [4.69, 9.17) is 11.6 Å². The normalized spacial score (nSPS) is 16.7. The van der Waals surface area contributed by atoms with Gasteiger partial charge in [-0.3, -0.25) is 0 Å². The molecular weight excluding hydrogens is 206 g/mol. The van der Waals surface area contributed by atoms with Crippen LogP contribution < -0.4 is 5.32 Å². The largest absolute Gasteiger partial charge is 0.359 e. The van der Waals surface area contributed by atoms with Crippen molar-refractivity contribution in [2.45, 2.75) is 32.6 Å². The van der Waals surface area contributed by atoms with Gasteiger partial charge in [0.15, 0.2) is 0 Å². The molecule has 2 heteroatoms. The van der Waals surface area contributed by atoms with Crippen molar-refractivity contribution in [3.63, 3.8) is 0 Å². The first kappa shape index (κ1) is 10.6. The lowest BCUT2D eigenvalue weighted by atomic mass is 9.97. The summed E-state index contributed by atoms with van der Waals surface area (Å²) in [4.78, 5) is 0. The molecule has 1 N–H and O–H groups in total. The van der Waals surface area contributed by atoms with Crippen LogP contribution in [0.5, 0.6) is 0 Å². The molecule has 1 aliphatic carbocycles. The Morgan fingerprint density at radius 3 is 2.40 bits per heavy atom. The van der Waals surface area contributed by atoms with E-state index >= 15 is 0 Å². The SMILES string of the molecule is CC1=C(Nc2ccc(Cl)cc2)CCCC1. The average molecular weight is 222 g/mol. The van der Waals surface area contributed by atoms with Gasteiger partial charge in [0.25, 0.3) is 0 Å². The van der Waals surface area contributed by atoms with Crippen molar-refractivity contribution < 1.29 is 0 Å². The molecule has 0 saturated carbocycles. The van der Waals surface area contributed by atoms with Crippen LogP contribution in [0.15, 0.2) is 35.5 Å². The molecule has 1 aromatic rings. The van der Waals surface area contributed by atoms with Crippen LogP contribution in [0.4, 0.5) is 5.69 Å². The Labute approximate surface area is 96.1 Å². The molecule has 1 aliphatic rings. The molecule has 0 amide bonds. The number of nitrogens with one attached hydrogen (secondary N) is 1. The van der Waals surface area contributed by atoms with Gasteiger partial charge >= 0.3 is 0 Å². The molecule has 0 fully saturated rings. The van der Waals surface area contributed by atoms with Gasteiger partial charge in [-0.15, -0.1) is 0 Å². The molecule has 1 aromatic carbocycles. The Balaban J connectivity index is 2.11. The van der Waals surface area contributed by atoms with Gasteiger partial charge in [0, 0.05) is 16.4 Å². The number of hydrogen-bond acceptors (Lipinski definition) is 1. The van der Waals surface area contributed by atoms with Crippen molar-refractivity contribution in [2.75, 3.05) is 5.32 Å². The Morgan fingerprint density at radius 2 is 1.73 bits per heavy atom. The molecule has 0 spiro atoms. The quantitative estimate of drug-likeness (QED) is 0.770. The summed E-state index contributed by atoms with van der Waals surface area (Å²) in [6, 6.07) is 7.89. The van der Waals surface area contributed by atoms with Crippen molar-refractivity contribution in [1.82, 2.24) is 0 Å². The van der Waals surface area contributed by atoms with Crippen molar-refractivity contribution in [2.24, 2.45) is 0 Å². The van der Waals surface area contributed by atoms with Crippen LogP contribution in [0.1, 0.15) is 32.6 Å². The van der Waals surface area contributed by atoms with Crippen LogP contribution in [0.3, 0.4) is 0 Å². The lowest BCUT2D eigenvalue weighted by molar-refractivity contribution is 0.675. The predicted molar refractivity (Wildman–Crippen MR) is 66.2 cm³/mol. The number of hydrogen-bond donors (Lipinski definition) is 1. The van der Waals surface area contributed by atoms with E-state index in [1.165, 1.54) is 37.0 Å². The minimum atomic E-state index is 0.787. The van der Waals surface area contributed by atoms with E-state index in [1.807, 2.05) is 24.3 Å². The zero-order valence-corrected chi connectivity index (χ0v) is 9.77. The van der Waals surface area contributed by atoms with Gasteiger partial charge in [-0.2, -0.15) is 0 Å². The smallest absolute Gasteiger partial charge is 0.0407 e. The second-order valence-electron chi connectivity index (χ2n) is 4.10. The maximum absolute atomic E-state index is 5.84. The summed E-state index contributed by atoms with van der Waals surface area (Å²) in [6.07, 6.45) is 5.04. The lowest BCUT2D eigenvalue weighted by Gasteiger charge is -2.19. The molecule has 0 radical (unpaired) electrons. The second-order valence-corrected chi connectivity index (χ2v) is 4.53. The number of anilines is 1. The summed E-state index contributed by atoms with van der Waals surface area (Å²) in [6.45, 7) is 2.22. The Kier molecular flexibility index (Phi) is 3.32. The first-order chi connectivity index (χ1) is 7.25. The van der Waals surface area contributed by atoms with Crippen LogP contribution in [-0.4, -0.2) is 0 Å². The van der Waals surface area contributed by atoms with E-state index in [9.17, 15) is 0 Å². The lowest BCUT2D eigenvalue weighted by Crippen LogP contribution is -2.06. The van der Waals surface area contributed by atoms with E-state index in [1.54, 1.807) is 0 Å². The molecule has 0 heterocycles. The highest BCUT2D eigenvalue weighted by atomic mass is 35.5. The second kappa shape index (κ2) is 4.71. The van der Waals surface area contributed by atoms with Gasteiger partial charge in [0.2, 0.25) is 0 Å². The molecule has 0 bridgehead atoms. The molecule has 0 atom stereocenters. The summed E-state index contributed by atoms with van der Waals surface area (Å²) < 4.78 is 0. The monoisotopic (exact) mass is 221 g/mol. The number of halogens is 1. The fourth-order valence-electron chi connectivity index (χ4n) is 1.93. The Morgan fingerprint density at radius 1 is 1.07 bits per heavy atom. The van der Waals surface area contributed by atoms with Gasteiger partial charge in [-0.05, 0) is 56.9 Å². The molecule has 1 nitrogen and oxygen atoms in total. The topological polar surface area (TPSA) is 12.0 Å². The van der Waals surface area contributed by atoms with Crippen LogP contribution >= 0.6 is 11.6 Å². The molecule has 0 aromatic heterocycles. The highest BCUT2D eigenvalue weighted by Gasteiger charge is 2.08. The standard InChI is InChI=1S/C13H16ClN/c1-10-4-2-3-5-13(10)15-12-8-6-11(14)7-9-12/h6-9,15H,2-5H2,1H3. The van der Waals surface area contributed by atoms with Crippen LogP contribution in [0.2, 0.25) is 5.02 Å². The third-order valence-corrected chi connectivity index (χ3v) is 3.14. The summed E-state index contributed by atoms with van der Waals surface area (Å²) >= 11 is 5.84. The van der Waals surface area contributed by atoms with Crippen molar-refractivity contribution >= 4 is 17.3 Å². The fourth-order valence-corrected chi connectivity index (χ4v) is 2.06. The third-order valence-electron chi connectivity index (χ3n) is 2.88. The minimum Gasteiger partial charge on any atom is -0.359 e. The maximum Gasteiger partial charge on any atom is 0.0407 e. The van der Waals surface area contributed by atoms with Crippen LogP contribution in [0, 0.1) is 0 Å². The highest BCUT2D eigenvalue weighted by molar-refractivity contribution is 6.30. The van der Waals surface area contributed by atoms with Crippen molar-refractivity contribution in [1.29, 1.82) is 0 Å². The molecule has 80 valence electrons. The third kappa shape index (κ3) is 2.75. The predicted octanol–water partition coefficient (Wildman–Crippen LogP) is 4.60. The average Bonchev–Trinajstić information content (AvgIpc) is 2.25. The summed E-state index contributed by atoms with van der Waals surface area (Å²) in [5, 5.41) is 4.27. The molecule has 2 rings (SSSR count). The van der Waals surface area contributed by atoms with Gasteiger partial charge in [-0.1, -0.05) is 17.2 Å². The number of benzene rings is 1. The maximum atomic E-state index is 5.84. The van der Waals surface area contributed by atoms with Gasteiger partial charge in [0.05, 0.1) is 0 Å². The molecule has 0 saturated heterocycles. The van der Waals surface area contributed by atoms with E-state index in [0.29, 0.717) is 0 Å².